The van der Waals surface area contributed by atoms with Gasteiger partial charge in [-0.15, -0.1) is 0 Å². The molecule has 2 aliphatic heterocycles. The van der Waals surface area contributed by atoms with Gasteiger partial charge in [-0.05, 0) is 94.5 Å². The quantitative estimate of drug-likeness (QED) is 0.121. The van der Waals surface area contributed by atoms with Crippen LogP contribution in [-0.2, 0) is 41.0 Å². The van der Waals surface area contributed by atoms with E-state index >= 15 is 0 Å². The lowest BCUT2D eigenvalue weighted by molar-refractivity contribution is -0.645. The van der Waals surface area contributed by atoms with Crippen molar-refractivity contribution in [2.75, 3.05) is 7.11 Å². The molecule has 1 unspecified atom stereocenters. The summed E-state index contributed by atoms with van der Waals surface area (Å²) in [5, 5.41) is 9.28. The second kappa shape index (κ2) is 12.4. The Hall–Kier alpha value is -2.92. The minimum absolute atomic E-state index is 0.266. The van der Waals surface area contributed by atoms with Crippen LogP contribution in [0.3, 0.4) is 0 Å². The van der Waals surface area contributed by atoms with Crippen LogP contribution in [0.2, 0.25) is 5.02 Å². The van der Waals surface area contributed by atoms with Gasteiger partial charge in [-0.2, -0.15) is 4.89 Å². The van der Waals surface area contributed by atoms with Crippen LogP contribution in [0.15, 0.2) is 66.8 Å². The van der Waals surface area contributed by atoms with Crippen LogP contribution in [-0.4, -0.2) is 42.1 Å². The first kappa shape index (κ1) is 33.6. The molecule has 8 rings (SSSR count). The van der Waals surface area contributed by atoms with Crippen molar-refractivity contribution in [3.63, 3.8) is 0 Å². The van der Waals surface area contributed by atoms with E-state index in [0.717, 1.165) is 60.2 Å². The van der Waals surface area contributed by atoms with Crippen molar-refractivity contribution in [2.45, 2.75) is 89.0 Å². The molecule has 0 radical (unpaired) electrons. The summed E-state index contributed by atoms with van der Waals surface area (Å²) in [5.74, 6) is 0.529. The summed E-state index contributed by atoms with van der Waals surface area (Å²) in [5.41, 5.74) is 1.93. The van der Waals surface area contributed by atoms with Crippen molar-refractivity contribution in [1.29, 1.82) is 0 Å². The van der Waals surface area contributed by atoms with Gasteiger partial charge in [0.2, 0.25) is 0 Å². The lowest BCUT2D eigenvalue weighted by Gasteiger charge is -2.68. The summed E-state index contributed by atoms with van der Waals surface area (Å²) in [4.78, 5) is 23.0. The monoisotopic (exact) mass is 674 g/mol. The van der Waals surface area contributed by atoms with E-state index in [1.54, 1.807) is 19.3 Å². The van der Waals surface area contributed by atoms with Gasteiger partial charge < -0.3 is 23.9 Å². The Bertz CT molecular complexity index is 1600. The van der Waals surface area contributed by atoms with Gasteiger partial charge in [-0.25, -0.2) is 9.68 Å². The van der Waals surface area contributed by atoms with Crippen LogP contribution < -0.4 is 10.2 Å². The molecule has 254 valence electrons. The summed E-state index contributed by atoms with van der Waals surface area (Å²) in [6, 6.07) is 11.9. The third kappa shape index (κ3) is 5.47. The normalized spacial score (nSPS) is 33.0. The summed E-state index contributed by atoms with van der Waals surface area (Å²) >= 11 is 7.31. The minimum Gasteiger partial charge on any atom is -0.487 e. The zero-order valence-corrected chi connectivity index (χ0v) is 29.0. The topological polar surface area (TPSA) is 92.7 Å². The number of allylic oxidation sites excluding steroid dienone is 4. The third-order valence-corrected chi connectivity index (χ3v) is 12.0. The molecular weight excluding hydrogens is 631 g/mol. The highest BCUT2D eigenvalue weighted by Gasteiger charge is 2.77. The van der Waals surface area contributed by atoms with Gasteiger partial charge in [0.25, 0.3) is 5.79 Å². The largest absolute Gasteiger partial charge is 0.494 e. The molecule has 1 spiro atoms. The van der Waals surface area contributed by atoms with E-state index in [4.69, 9.17) is 45.3 Å². The Morgan fingerprint density at radius 2 is 1.52 bits per heavy atom. The van der Waals surface area contributed by atoms with E-state index in [9.17, 15) is 4.79 Å². The highest BCUT2D eigenvalue weighted by molar-refractivity contribution is 6.62. The van der Waals surface area contributed by atoms with Gasteiger partial charge in [0, 0.05) is 24.3 Å². The minimum atomic E-state index is -1.14. The molecule has 10 heteroatoms. The maximum atomic E-state index is 10.8. The molecule has 0 amide bonds. The zero-order valence-electron chi connectivity index (χ0n) is 28.2. The summed E-state index contributed by atoms with van der Waals surface area (Å²) in [6.07, 6.45) is 15.4. The first-order valence-corrected chi connectivity index (χ1v) is 17.3. The zero-order chi connectivity index (χ0) is 33.9. The lowest BCUT2D eigenvalue weighted by atomic mass is 9.47. The third-order valence-electron chi connectivity index (χ3n) is 11.7. The number of carboxylic acids is 1. The number of aliphatic carboxylic acids is 1. The van der Waals surface area contributed by atoms with Crippen LogP contribution in [0.25, 0.3) is 6.08 Å². The Morgan fingerprint density at radius 3 is 2.08 bits per heavy atom. The van der Waals surface area contributed by atoms with E-state index in [0.29, 0.717) is 28.2 Å². The number of carbonyl (C=O) groups is 1. The second-order valence-electron chi connectivity index (χ2n) is 15.0. The molecule has 6 aliphatic rings. The standard InChI is InChI=1S/C38H44BClO8/c1-35(2)36(3,4)46-39(45-35)30-15-12-24(13-16-30)23-44-34-27(10-8-6-7-9-11-32(41)42)14-17-31(33(34)40)38(43-5)37(47-48-38)28-19-25-18-26(21-28)22-29(37)20-25/h6-17,25-26,28-29H,18-23H2,1-5H3,(H,41,42)/b7-6+,10-8+,11-9+. The Kier molecular flexibility index (Phi) is 8.71. The molecule has 1 atom stereocenters. The molecule has 4 bridgehead atoms. The molecule has 1 N–H and O–H groups in total. The molecule has 0 aromatic heterocycles. The van der Waals surface area contributed by atoms with Gasteiger partial charge in [0.15, 0.2) is 5.60 Å². The van der Waals surface area contributed by atoms with E-state index < -0.39 is 35.7 Å². The average molecular weight is 675 g/mol. The van der Waals surface area contributed by atoms with Gasteiger partial charge in [0.05, 0.1) is 16.2 Å². The molecular formula is C38H44BClO8. The fourth-order valence-electron chi connectivity index (χ4n) is 8.76. The van der Waals surface area contributed by atoms with Crippen molar-refractivity contribution in [3.05, 3.63) is 88.5 Å². The van der Waals surface area contributed by atoms with E-state index in [-0.39, 0.29) is 6.61 Å². The lowest BCUT2D eigenvalue weighted by Crippen LogP contribution is -2.76. The first-order valence-electron chi connectivity index (χ1n) is 17.0. The average Bonchev–Trinajstić information content (AvgIpc) is 3.25. The fourth-order valence-corrected chi connectivity index (χ4v) is 9.12. The maximum Gasteiger partial charge on any atom is 0.494 e. The maximum absolute atomic E-state index is 10.8. The van der Waals surface area contributed by atoms with Crippen LogP contribution in [0.4, 0.5) is 0 Å². The SMILES string of the molecule is COC1(c2ccc(/C=C/C=C/C=C/C(=O)O)c(OCc3ccc(B4OC(C)(C)C(C)(C)O4)cc3)c2Cl)OOC12C1CC3CC(C1)CC2C3. The summed E-state index contributed by atoms with van der Waals surface area (Å²) in [7, 11) is 1.23. The van der Waals surface area contributed by atoms with E-state index in [2.05, 4.69) is 0 Å². The van der Waals surface area contributed by atoms with Gasteiger partial charge >= 0.3 is 13.1 Å². The molecule has 2 aromatic rings. The molecule has 2 heterocycles. The number of hydrogen-bond donors (Lipinski definition) is 1. The molecule has 2 saturated heterocycles. The highest BCUT2D eigenvalue weighted by Crippen LogP contribution is 2.70. The number of ether oxygens (including phenoxy) is 2. The van der Waals surface area contributed by atoms with Crippen molar-refractivity contribution in [2.24, 2.45) is 23.7 Å². The van der Waals surface area contributed by atoms with Crippen LogP contribution in [0, 0.1) is 23.7 Å². The van der Waals surface area contributed by atoms with Crippen molar-refractivity contribution < 1.29 is 38.5 Å². The number of hydrogen-bond acceptors (Lipinski definition) is 7. The molecule has 48 heavy (non-hydrogen) atoms. The summed E-state index contributed by atoms with van der Waals surface area (Å²) in [6.45, 7) is 8.44. The van der Waals surface area contributed by atoms with Gasteiger partial charge in [-0.1, -0.05) is 78.4 Å². The second-order valence-corrected chi connectivity index (χ2v) is 15.4. The molecule has 8 nitrogen and oxygen atoms in total. The van der Waals surface area contributed by atoms with E-state index in [1.165, 1.54) is 12.5 Å². The number of methoxy groups -OCH3 is 1. The Labute approximate surface area is 288 Å². The molecule has 4 aliphatic carbocycles. The van der Waals surface area contributed by atoms with Crippen molar-refractivity contribution in [3.8, 4) is 5.75 Å². The van der Waals surface area contributed by atoms with Crippen LogP contribution in [0.5, 0.6) is 5.75 Å². The fraction of sp³-hybridized carbons (Fsp3) is 0.500. The Balaban J connectivity index is 1.18. The highest BCUT2D eigenvalue weighted by atomic mass is 35.5. The Morgan fingerprint density at radius 1 is 0.896 bits per heavy atom. The molecule has 4 saturated carbocycles. The van der Waals surface area contributed by atoms with Gasteiger partial charge in [0.1, 0.15) is 12.4 Å². The number of carboxylic acid groups (broad SMARTS) is 1. The smallest absolute Gasteiger partial charge is 0.487 e. The number of benzene rings is 2. The number of rotatable bonds is 10. The van der Waals surface area contributed by atoms with Crippen molar-refractivity contribution >= 4 is 36.2 Å². The summed E-state index contributed by atoms with van der Waals surface area (Å²) < 4.78 is 25.3. The predicted octanol–water partition coefficient (Wildman–Crippen LogP) is 7.38. The molecule has 6 fully saturated rings. The predicted molar refractivity (Wildman–Crippen MR) is 184 cm³/mol. The van der Waals surface area contributed by atoms with E-state index in [1.807, 2.05) is 76.2 Å². The number of halogens is 1. The van der Waals surface area contributed by atoms with Crippen LogP contribution >= 0.6 is 11.6 Å². The van der Waals surface area contributed by atoms with Gasteiger partial charge in [-0.3, -0.25) is 0 Å². The molecule has 2 aromatic carbocycles. The van der Waals surface area contributed by atoms with Crippen LogP contribution in [0.1, 0.15) is 76.5 Å². The van der Waals surface area contributed by atoms with Crippen molar-refractivity contribution in [1.82, 2.24) is 0 Å². The first-order chi connectivity index (χ1) is 22.9.